The van der Waals surface area contributed by atoms with E-state index in [2.05, 4.69) is 5.32 Å². The zero-order valence-corrected chi connectivity index (χ0v) is 14.5. The van der Waals surface area contributed by atoms with E-state index in [0.29, 0.717) is 11.3 Å². The molecule has 0 radical (unpaired) electrons. The second kappa shape index (κ2) is 6.51. The molecule has 1 fully saturated rings. The number of cyclic esters (lactones) is 1. The topological polar surface area (TPSA) is 79.0 Å². The van der Waals surface area contributed by atoms with Gasteiger partial charge < -0.3 is 15.0 Å². The minimum atomic E-state index is -0.501. The van der Waals surface area contributed by atoms with Crippen LogP contribution in [0.3, 0.4) is 0 Å². The Morgan fingerprint density at radius 2 is 2.08 bits per heavy atom. The van der Waals surface area contributed by atoms with Gasteiger partial charge in [-0.05, 0) is 30.7 Å². The van der Waals surface area contributed by atoms with Gasteiger partial charge in [0.15, 0.2) is 0 Å². The van der Waals surface area contributed by atoms with E-state index in [1.807, 2.05) is 17.5 Å². The predicted octanol–water partition coefficient (Wildman–Crippen LogP) is 1.64. The molecule has 1 N–H and O–H groups in total. The quantitative estimate of drug-likeness (QED) is 0.830. The van der Waals surface area contributed by atoms with Gasteiger partial charge in [-0.1, -0.05) is 6.07 Å². The lowest BCUT2D eigenvalue weighted by Crippen LogP contribution is -2.51. The monoisotopic (exact) mass is 361 g/mol. The summed E-state index contributed by atoms with van der Waals surface area (Å²) in [5.41, 5.74) is 0.950. The fourth-order valence-electron chi connectivity index (χ4n) is 3.53. The number of ether oxygens (including phenoxy) is 1. The van der Waals surface area contributed by atoms with Gasteiger partial charge in [-0.2, -0.15) is 0 Å². The molecule has 8 heteroatoms. The first-order valence-corrected chi connectivity index (χ1v) is 9.32. The second-order valence-electron chi connectivity index (χ2n) is 6.36. The number of nitrogens with zero attached hydrogens (tertiary/aromatic N) is 2. The fourth-order valence-corrected chi connectivity index (χ4v) is 4.31. The van der Waals surface area contributed by atoms with Crippen molar-refractivity contribution in [1.82, 2.24) is 15.1 Å². The third-order valence-corrected chi connectivity index (χ3v) is 5.77. The molecule has 0 bridgehead atoms. The van der Waals surface area contributed by atoms with E-state index in [1.54, 1.807) is 4.90 Å². The maximum Gasteiger partial charge on any atom is 0.338 e. The molecule has 1 aromatic rings. The first kappa shape index (κ1) is 16.1. The van der Waals surface area contributed by atoms with Gasteiger partial charge in [0.25, 0.3) is 0 Å². The Balaban J connectivity index is 1.60. The van der Waals surface area contributed by atoms with Crippen LogP contribution in [0.2, 0.25) is 0 Å². The average Bonchev–Trinajstić information content (AvgIpc) is 3.28. The Morgan fingerprint density at radius 1 is 1.28 bits per heavy atom. The van der Waals surface area contributed by atoms with Gasteiger partial charge >= 0.3 is 12.0 Å². The summed E-state index contributed by atoms with van der Waals surface area (Å²) in [6.45, 7) is 1.44. The standard InChI is InChI=1S/C17H19N3O4S/c21-13(19-6-2-1-3-7-19)9-20-11-10-24-16(22)14(11)15(18-17(20)23)12-5-4-8-25-12/h4-5,8,15H,1-3,6-7,9-10H2,(H,18,23)/t15-/m1/s1. The molecule has 4 heterocycles. The molecule has 4 rings (SSSR count). The molecule has 0 aromatic carbocycles. The maximum absolute atomic E-state index is 12.6. The second-order valence-corrected chi connectivity index (χ2v) is 7.34. The molecule has 3 aliphatic rings. The molecule has 0 unspecified atom stereocenters. The van der Waals surface area contributed by atoms with Crippen LogP contribution in [0.25, 0.3) is 0 Å². The summed E-state index contributed by atoms with van der Waals surface area (Å²) in [5.74, 6) is -0.514. The van der Waals surface area contributed by atoms with E-state index in [-0.39, 0.29) is 25.1 Å². The number of hydrogen-bond donors (Lipinski definition) is 1. The number of carbonyl (C=O) groups excluding carboxylic acids is 3. The summed E-state index contributed by atoms with van der Waals surface area (Å²) in [4.78, 5) is 41.4. The number of likely N-dealkylation sites (tertiary alicyclic amines) is 1. The van der Waals surface area contributed by atoms with E-state index in [0.717, 1.165) is 37.2 Å². The van der Waals surface area contributed by atoms with Crippen LogP contribution in [0, 0.1) is 0 Å². The van der Waals surface area contributed by atoms with E-state index in [1.165, 1.54) is 16.2 Å². The van der Waals surface area contributed by atoms with E-state index in [4.69, 9.17) is 4.74 Å². The Hall–Kier alpha value is -2.35. The summed E-state index contributed by atoms with van der Waals surface area (Å²) < 4.78 is 5.17. The van der Waals surface area contributed by atoms with E-state index >= 15 is 0 Å². The normalized spacial score (nSPS) is 23.4. The molecular weight excluding hydrogens is 342 g/mol. The van der Waals surface area contributed by atoms with Gasteiger partial charge in [-0.25, -0.2) is 9.59 Å². The van der Waals surface area contributed by atoms with E-state index < -0.39 is 12.0 Å². The van der Waals surface area contributed by atoms with Crippen LogP contribution in [-0.4, -0.2) is 53.9 Å². The molecule has 1 aromatic heterocycles. The molecule has 0 spiro atoms. The van der Waals surface area contributed by atoms with Gasteiger partial charge in [-0.3, -0.25) is 9.69 Å². The SMILES string of the molecule is O=C1OCC2=C1[C@@H](c1cccs1)NC(=O)N2CC(=O)N1CCCCC1. The predicted molar refractivity (Wildman–Crippen MR) is 90.7 cm³/mol. The summed E-state index contributed by atoms with van der Waals surface area (Å²) in [6, 6.07) is 2.89. The first-order valence-electron chi connectivity index (χ1n) is 8.44. The van der Waals surface area contributed by atoms with Gasteiger partial charge in [0.05, 0.1) is 17.3 Å². The van der Waals surface area contributed by atoms with E-state index in [9.17, 15) is 14.4 Å². The number of esters is 1. The smallest absolute Gasteiger partial charge is 0.338 e. The zero-order chi connectivity index (χ0) is 17.4. The summed E-state index contributed by atoms with van der Waals surface area (Å²) in [7, 11) is 0. The molecule has 7 nitrogen and oxygen atoms in total. The van der Waals surface area contributed by atoms with Crippen LogP contribution in [0.5, 0.6) is 0 Å². The lowest BCUT2D eigenvalue weighted by molar-refractivity contribution is -0.136. The van der Waals surface area contributed by atoms with Crippen molar-refractivity contribution in [3.05, 3.63) is 33.7 Å². The molecule has 132 valence electrons. The van der Waals surface area contributed by atoms with Crippen LogP contribution in [-0.2, 0) is 14.3 Å². The molecule has 3 amide bonds. The van der Waals surface area contributed by atoms with Crippen LogP contribution < -0.4 is 5.32 Å². The number of piperidine rings is 1. The highest BCUT2D eigenvalue weighted by molar-refractivity contribution is 7.10. The highest BCUT2D eigenvalue weighted by Crippen LogP contribution is 2.36. The van der Waals surface area contributed by atoms with Crippen LogP contribution >= 0.6 is 11.3 Å². The van der Waals surface area contributed by atoms with Crippen molar-refractivity contribution in [3.8, 4) is 0 Å². The Morgan fingerprint density at radius 3 is 2.80 bits per heavy atom. The number of urea groups is 1. The highest BCUT2D eigenvalue weighted by Gasteiger charge is 2.43. The molecule has 0 aliphatic carbocycles. The van der Waals surface area contributed by atoms with Gasteiger partial charge in [0, 0.05) is 18.0 Å². The van der Waals surface area contributed by atoms with Crippen molar-refractivity contribution in [1.29, 1.82) is 0 Å². The van der Waals surface area contributed by atoms with Crippen LogP contribution in [0.4, 0.5) is 4.79 Å². The van der Waals surface area contributed by atoms with Crippen molar-refractivity contribution >= 4 is 29.2 Å². The lowest BCUT2D eigenvalue weighted by Gasteiger charge is -2.34. The highest BCUT2D eigenvalue weighted by atomic mass is 32.1. The first-order chi connectivity index (χ1) is 12.1. The molecule has 0 saturated carbocycles. The fraction of sp³-hybridized carbons (Fsp3) is 0.471. The number of carbonyl (C=O) groups is 3. The van der Waals surface area contributed by atoms with Crippen molar-refractivity contribution in [2.24, 2.45) is 0 Å². The third-order valence-electron chi connectivity index (χ3n) is 4.83. The molecular formula is C17H19N3O4S. The molecule has 25 heavy (non-hydrogen) atoms. The summed E-state index contributed by atoms with van der Waals surface area (Å²) in [5, 5.41) is 4.74. The van der Waals surface area contributed by atoms with Crippen LogP contribution in [0.15, 0.2) is 28.8 Å². The zero-order valence-electron chi connectivity index (χ0n) is 13.7. The lowest BCUT2D eigenvalue weighted by atomic mass is 10.0. The van der Waals surface area contributed by atoms with Crippen molar-refractivity contribution < 1.29 is 19.1 Å². The number of thiophene rings is 1. The number of hydrogen-bond acceptors (Lipinski definition) is 5. The Kier molecular flexibility index (Phi) is 4.20. The van der Waals surface area contributed by atoms with Gasteiger partial charge in [0.1, 0.15) is 13.2 Å². The van der Waals surface area contributed by atoms with Gasteiger partial charge in [-0.15, -0.1) is 11.3 Å². The molecule has 1 atom stereocenters. The Labute approximate surface area is 149 Å². The summed E-state index contributed by atoms with van der Waals surface area (Å²) in [6.07, 6.45) is 3.12. The minimum absolute atomic E-state index is 0.0384. The average molecular weight is 361 g/mol. The third kappa shape index (κ3) is 2.90. The number of nitrogens with one attached hydrogen (secondary N) is 1. The van der Waals surface area contributed by atoms with Gasteiger partial charge in [0.2, 0.25) is 5.91 Å². The maximum atomic E-state index is 12.6. The van der Waals surface area contributed by atoms with Crippen molar-refractivity contribution in [2.45, 2.75) is 25.3 Å². The number of amides is 3. The summed E-state index contributed by atoms with van der Waals surface area (Å²) >= 11 is 1.47. The van der Waals surface area contributed by atoms with Crippen LogP contribution in [0.1, 0.15) is 30.2 Å². The number of rotatable bonds is 3. The van der Waals surface area contributed by atoms with Crippen molar-refractivity contribution in [3.63, 3.8) is 0 Å². The largest absolute Gasteiger partial charge is 0.456 e. The molecule has 1 saturated heterocycles. The Bertz CT molecular complexity index is 737. The van der Waals surface area contributed by atoms with Crippen molar-refractivity contribution in [2.75, 3.05) is 26.2 Å². The minimum Gasteiger partial charge on any atom is -0.456 e. The molecule has 3 aliphatic heterocycles.